The van der Waals surface area contributed by atoms with Gasteiger partial charge in [0.25, 0.3) is 10.0 Å². The highest BCUT2D eigenvalue weighted by Gasteiger charge is 2.35. The molecular weight excluding hydrogens is 678 g/mol. The first kappa shape index (κ1) is 35.7. The van der Waals surface area contributed by atoms with Gasteiger partial charge < -0.3 is 15.0 Å². The van der Waals surface area contributed by atoms with Gasteiger partial charge in [-0.15, -0.1) is 0 Å². The van der Waals surface area contributed by atoms with Crippen LogP contribution < -0.4 is 14.4 Å². The predicted molar refractivity (Wildman–Crippen MR) is 190 cm³/mol. The molecule has 2 amide bonds. The molecule has 4 aromatic rings. The minimum absolute atomic E-state index is 0.0389. The van der Waals surface area contributed by atoms with Crippen LogP contribution in [0.3, 0.4) is 0 Å². The lowest BCUT2D eigenvalue weighted by Gasteiger charge is -2.34. The van der Waals surface area contributed by atoms with E-state index in [1.807, 2.05) is 82.3 Å². The second kappa shape index (κ2) is 16.6. The van der Waals surface area contributed by atoms with Crippen LogP contribution in [0.15, 0.2) is 112 Å². The van der Waals surface area contributed by atoms with Crippen molar-refractivity contribution in [2.75, 3.05) is 17.5 Å². The lowest BCUT2D eigenvalue weighted by molar-refractivity contribution is -0.140. The minimum atomic E-state index is -4.25. The second-order valence-corrected chi connectivity index (χ2v) is 14.2. The minimum Gasteiger partial charge on any atom is -0.492 e. The van der Waals surface area contributed by atoms with E-state index >= 15 is 0 Å². The SMILES string of the molecule is CCOc1ccccc1N(CC(=O)N(Cc1ccc(Br)cc1)[C@H](Cc1ccccc1)C(=O)N[C@@H](C)CC)S(=O)(=O)c1ccc(C)cc1. The number of nitrogens with one attached hydrogen (secondary N) is 1. The zero-order valence-electron chi connectivity index (χ0n) is 27.2. The molecule has 0 aliphatic carbocycles. The lowest BCUT2D eigenvalue weighted by Crippen LogP contribution is -2.54. The smallest absolute Gasteiger partial charge is 0.264 e. The van der Waals surface area contributed by atoms with Gasteiger partial charge in [0.15, 0.2) is 0 Å². The van der Waals surface area contributed by atoms with Crippen molar-refractivity contribution < 1.29 is 22.7 Å². The molecule has 4 aromatic carbocycles. The van der Waals surface area contributed by atoms with E-state index in [2.05, 4.69) is 21.2 Å². The van der Waals surface area contributed by atoms with Crippen LogP contribution in [0.2, 0.25) is 0 Å². The maximum atomic E-state index is 14.7. The summed E-state index contributed by atoms with van der Waals surface area (Å²) in [6.07, 6.45) is 0.951. The third-order valence-corrected chi connectivity index (χ3v) is 10.2. The summed E-state index contributed by atoms with van der Waals surface area (Å²) in [5, 5.41) is 3.06. The maximum absolute atomic E-state index is 14.7. The zero-order valence-corrected chi connectivity index (χ0v) is 29.6. The average molecular weight is 721 g/mol. The van der Waals surface area contributed by atoms with E-state index in [0.29, 0.717) is 18.8 Å². The number of carbonyl (C=O) groups is 2. The number of amides is 2. The normalized spacial score (nSPS) is 12.5. The summed E-state index contributed by atoms with van der Waals surface area (Å²) < 4.78 is 36.5. The molecule has 0 bridgehead atoms. The van der Waals surface area contributed by atoms with Gasteiger partial charge >= 0.3 is 0 Å². The Labute approximate surface area is 286 Å². The van der Waals surface area contributed by atoms with Crippen LogP contribution in [0.4, 0.5) is 5.69 Å². The Balaban J connectivity index is 1.84. The molecular formula is C37H42BrN3O5S. The fourth-order valence-corrected chi connectivity index (χ4v) is 6.76. The highest BCUT2D eigenvalue weighted by Crippen LogP contribution is 2.33. The van der Waals surface area contributed by atoms with Crippen LogP contribution in [0.5, 0.6) is 5.75 Å². The second-order valence-electron chi connectivity index (χ2n) is 11.4. The zero-order chi connectivity index (χ0) is 34.0. The Hall–Kier alpha value is -4.15. The van der Waals surface area contributed by atoms with Gasteiger partial charge in [0.2, 0.25) is 11.8 Å². The monoisotopic (exact) mass is 719 g/mol. The van der Waals surface area contributed by atoms with E-state index in [0.717, 1.165) is 25.5 Å². The topological polar surface area (TPSA) is 96.0 Å². The molecule has 4 rings (SSSR count). The Morgan fingerprint density at radius 2 is 1.49 bits per heavy atom. The summed E-state index contributed by atoms with van der Waals surface area (Å²) in [4.78, 5) is 30.2. The first-order chi connectivity index (χ1) is 22.5. The van der Waals surface area contributed by atoms with E-state index < -0.39 is 28.5 Å². The largest absolute Gasteiger partial charge is 0.492 e. The lowest BCUT2D eigenvalue weighted by atomic mass is 10.0. The molecule has 0 radical (unpaired) electrons. The van der Waals surface area contributed by atoms with Crippen LogP contribution in [-0.2, 0) is 32.6 Å². The summed E-state index contributed by atoms with van der Waals surface area (Å²) in [5.41, 5.74) is 2.79. The molecule has 2 atom stereocenters. The number of ether oxygens (including phenoxy) is 1. The van der Waals surface area contributed by atoms with E-state index in [4.69, 9.17) is 4.74 Å². The van der Waals surface area contributed by atoms with Crippen molar-refractivity contribution in [2.45, 2.75) is 64.1 Å². The molecule has 0 aromatic heterocycles. The molecule has 0 heterocycles. The van der Waals surface area contributed by atoms with Crippen LogP contribution in [-0.4, -0.2) is 50.4 Å². The quantitative estimate of drug-likeness (QED) is 0.144. The van der Waals surface area contributed by atoms with Gasteiger partial charge in [0.05, 0.1) is 17.2 Å². The number of sulfonamides is 1. The average Bonchev–Trinajstić information content (AvgIpc) is 3.07. The number of hydrogen-bond donors (Lipinski definition) is 1. The number of benzene rings is 4. The van der Waals surface area contributed by atoms with Gasteiger partial charge in [-0.05, 0) is 74.7 Å². The van der Waals surface area contributed by atoms with Crippen LogP contribution >= 0.6 is 15.9 Å². The third-order valence-electron chi connectivity index (χ3n) is 7.86. The van der Waals surface area contributed by atoms with Crippen molar-refractivity contribution in [3.8, 4) is 5.75 Å². The third kappa shape index (κ3) is 9.45. The molecule has 0 aliphatic rings. The summed E-state index contributed by atoms with van der Waals surface area (Å²) in [6.45, 7) is 7.41. The summed E-state index contributed by atoms with van der Waals surface area (Å²) >= 11 is 3.47. The molecule has 248 valence electrons. The Morgan fingerprint density at radius 3 is 2.13 bits per heavy atom. The Morgan fingerprint density at radius 1 is 0.851 bits per heavy atom. The van der Waals surface area contributed by atoms with Crippen molar-refractivity contribution in [1.82, 2.24) is 10.2 Å². The molecule has 0 saturated heterocycles. The highest BCUT2D eigenvalue weighted by molar-refractivity contribution is 9.10. The number of anilines is 1. The number of carbonyl (C=O) groups excluding carboxylic acids is 2. The van der Waals surface area contributed by atoms with Crippen LogP contribution in [0.25, 0.3) is 0 Å². The molecule has 0 spiro atoms. The number of hydrogen-bond acceptors (Lipinski definition) is 5. The van der Waals surface area contributed by atoms with Crippen molar-refractivity contribution in [3.63, 3.8) is 0 Å². The fraction of sp³-hybridized carbons (Fsp3) is 0.297. The highest BCUT2D eigenvalue weighted by atomic mass is 79.9. The molecule has 0 aliphatic heterocycles. The number of nitrogens with zero attached hydrogens (tertiary/aromatic N) is 2. The fourth-order valence-electron chi connectivity index (χ4n) is 5.07. The predicted octanol–water partition coefficient (Wildman–Crippen LogP) is 6.91. The van der Waals surface area contributed by atoms with Crippen molar-refractivity contribution in [2.24, 2.45) is 0 Å². The maximum Gasteiger partial charge on any atom is 0.264 e. The summed E-state index contributed by atoms with van der Waals surface area (Å²) in [6, 6.07) is 29.2. The van der Waals surface area contributed by atoms with Crippen molar-refractivity contribution >= 4 is 43.5 Å². The molecule has 0 saturated carbocycles. The molecule has 0 unspecified atom stereocenters. The standard InChI is InChI=1S/C37H42BrN3O5S/c1-5-28(4)39-37(43)34(24-29-12-8-7-9-13-29)40(25-30-18-20-31(38)21-19-30)36(42)26-41(33-14-10-11-15-35(33)46-6-2)47(44,45)32-22-16-27(3)17-23-32/h7-23,28,34H,5-6,24-26H2,1-4H3,(H,39,43)/t28-,34+/m0/s1. The van der Waals surface area contributed by atoms with Crippen LogP contribution in [0.1, 0.15) is 43.9 Å². The summed E-state index contributed by atoms with van der Waals surface area (Å²) in [5.74, 6) is -0.514. The first-order valence-electron chi connectivity index (χ1n) is 15.7. The number of aryl methyl sites for hydroxylation is 1. The first-order valence-corrected chi connectivity index (χ1v) is 18.0. The molecule has 10 heteroatoms. The molecule has 1 N–H and O–H groups in total. The molecule has 8 nitrogen and oxygen atoms in total. The molecule has 0 fully saturated rings. The number of rotatable bonds is 15. The van der Waals surface area contributed by atoms with E-state index in [9.17, 15) is 18.0 Å². The van der Waals surface area contributed by atoms with Crippen LogP contribution in [0, 0.1) is 6.92 Å². The van der Waals surface area contributed by atoms with Gasteiger partial charge in [-0.25, -0.2) is 8.42 Å². The van der Waals surface area contributed by atoms with E-state index in [1.165, 1.54) is 17.0 Å². The van der Waals surface area contributed by atoms with Gasteiger partial charge in [-0.1, -0.05) is 95.1 Å². The summed E-state index contributed by atoms with van der Waals surface area (Å²) in [7, 11) is -4.25. The van der Waals surface area contributed by atoms with Gasteiger partial charge in [-0.2, -0.15) is 0 Å². The van der Waals surface area contributed by atoms with Crippen molar-refractivity contribution in [3.05, 3.63) is 124 Å². The van der Waals surface area contributed by atoms with Gasteiger partial charge in [0.1, 0.15) is 18.3 Å². The van der Waals surface area contributed by atoms with E-state index in [1.54, 1.807) is 36.4 Å². The molecule has 47 heavy (non-hydrogen) atoms. The van der Waals surface area contributed by atoms with Gasteiger partial charge in [0, 0.05) is 23.5 Å². The van der Waals surface area contributed by atoms with Crippen molar-refractivity contribution in [1.29, 1.82) is 0 Å². The van der Waals surface area contributed by atoms with Gasteiger partial charge in [-0.3, -0.25) is 13.9 Å². The number of para-hydroxylation sites is 2. The number of halogens is 1. The Bertz CT molecular complexity index is 1730. The Kier molecular flexibility index (Phi) is 12.6. The van der Waals surface area contributed by atoms with E-state index in [-0.39, 0.29) is 35.5 Å².